The lowest BCUT2D eigenvalue weighted by Gasteiger charge is -2.21. The summed E-state index contributed by atoms with van der Waals surface area (Å²) in [4.78, 5) is 0. The van der Waals surface area contributed by atoms with Crippen LogP contribution in [0.1, 0.15) is 56.9 Å². The zero-order chi connectivity index (χ0) is 16.2. The summed E-state index contributed by atoms with van der Waals surface area (Å²) in [6.45, 7) is 3.35. The van der Waals surface area contributed by atoms with Crippen molar-refractivity contribution in [3.8, 4) is 5.75 Å². The summed E-state index contributed by atoms with van der Waals surface area (Å²) < 4.78 is 11.7. The van der Waals surface area contributed by atoms with Crippen LogP contribution in [0, 0.1) is 5.92 Å². The van der Waals surface area contributed by atoms with Crippen LogP contribution in [0.2, 0.25) is 0 Å². The van der Waals surface area contributed by atoms with Crippen LogP contribution in [0.3, 0.4) is 0 Å². The Hall–Kier alpha value is -1.06. The Labute approximate surface area is 141 Å². The first-order valence-electron chi connectivity index (χ1n) is 9.38. The second kappa shape index (κ2) is 11.5. The zero-order valence-corrected chi connectivity index (χ0v) is 14.5. The van der Waals surface area contributed by atoms with Gasteiger partial charge in [-0.2, -0.15) is 0 Å². The molecule has 0 aliphatic heterocycles. The molecule has 0 heterocycles. The van der Waals surface area contributed by atoms with Crippen LogP contribution in [-0.2, 0) is 11.2 Å². The fraction of sp³-hybridized carbons (Fsp3) is 0.700. The minimum absolute atomic E-state index is 0.742. The third-order valence-electron chi connectivity index (χ3n) is 4.60. The fourth-order valence-electron chi connectivity index (χ4n) is 3.20. The molecule has 0 saturated heterocycles. The largest absolute Gasteiger partial charge is 0.494 e. The summed E-state index contributed by atoms with van der Waals surface area (Å²) in [5.41, 5.74) is 6.87. The van der Waals surface area contributed by atoms with E-state index in [1.807, 2.05) is 6.07 Å². The van der Waals surface area contributed by atoms with Crippen molar-refractivity contribution in [2.75, 3.05) is 26.4 Å². The van der Waals surface area contributed by atoms with Crippen molar-refractivity contribution in [2.24, 2.45) is 11.7 Å². The summed E-state index contributed by atoms with van der Waals surface area (Å²) in [6.07, 6.45) is 11.1. The Kier molecular flexibility index (Phi) is 9.12. The number of hydrogen-bond acceptors (Lipinski definition) is 3. The Morgan fingerprint density at radius 3 is 2.65 bits per heavy atom. The molecular formula is C20H33NO2. The molecule has 1 aromatic carbocycles. The molecular weight excluding hydrogens is 286 g/mol. The number of rotatable bonds is 11. The third-order valence-corrected chi connectivity index (χ3v) is 4.60. The second-order valence-corrected chi connectivity index (χ2v) is 6.67. The lowest BCUT2D eigenvalue weighted by atomic mass is 9.90. The summed E-state index contributed by atoms with van der Waals surface area (Å²) in [7, 11) is 0. The summed E-state index contributed by atoms with van der Waals surface area (Å²) >= 11 is 0. The molecule has 1 saturated carbocycles. The van der Waals surface area contributed by atoms with Crippen LogP contribution in [0.5, 0.6) is 5.75 Å². The van der Waals surface area contributed by atoms with E-state index in [0.717, 1.165) is 63.7 Å². The number of unbranched alkanes of at least 4 members (excludes halogenated alkanes) is 1. The van der Waals surface area contributed by atoms with Crippen molar-refractivity contribution in [3.63, 3.8) is 0 Å². The average Bonchev–Trinajstić information content (AvgIpc) is 2.60. The molecule has 2 rings (SSSR count). The fourth-order valence-corrected chi connectivity index (χ4v) is 3.20. The highest BCUT2D eigenvalue weighted by Gasteiger charge is 2.12. The van der Waals surface area contributed by atoms with Gasteiger partial charge in [0.15, 0.2) is 0 Å². The number of benzene rings is 1. The maximum atomic E-state index is 5.84. The van der Waals surface area contributed by atoms with Crippen molar-refractivity contribution >= 4 is 0 Å². The van der Waals surface area contributed by atoms with Crippen LogP contribution < -0.4 is 10.5 Å². The normalized spacial score (nSPS) is 15.7. The van der Waals surface area contributed by atoms with E-state index in [9.17, 15) is 0 Å². The first-order valence-corrected chi connectivity index (χ1v) is 9.38. The lowest BCUT2D eigenvalue weighted by molar-refractivity contribution is 0.0807. The number of ether oxygens (including phenoxy) is 2. The number of hydrogen-bond donors (Lipinski definition) is 1. The molecule has 130 valence electrons. The van der Waals surface area contributed by atoms with Gasteiger partial charge in [0.05, 0.1) is 6.61 Å². The molecule has 1 fully saturated rings. The highest BCUT2D eigenvalue weighted by molar-refractivity contribution is 5.28. The van der Waals surface area contributed by atoms with Crippen LogP contribution in [0.4, 0.5) is 0 Å². The van der Waals surface area contributed by atoms with E-state index in [1.54, 1.807) is 0 Å². The SMILES string of the molecule is NCCCc1cccc(OCCCCOCC2CCCCC2)c1. The van der Waals surface area contributed by atoms with Gasteiger partial charge >= 0.3 is 0 Å². The van der Waals surface area contributed by atoms with Gasteiger partial charge < -0.3 is 15.2 Å². The molecule has 0 unspecified atom stereocenters. The third kappa shape index (κ3) is 7.85. The molecule has 23 heavy (non-hydrogen) atoms. The van der Waals surface area contributed by atoms with Gasteiger partial charge in [-0.3, -0.25) is 0 Å². The predicted molar refractivity (Wildman–Crippen MR) is 95.9 cm³/mol. The Morgan fingerprint density at radius 2 is 1.83 bits per heavy atom. The van der Waals surface area contributed by atoms with E-state index in [1.165, 1.54) is 37.7 Å². The predicted octanol–water partition coefficient (Wildman–Crippen LogP) is 4.33. The zero-order valence-electron chi connectivity index (χ0n) is 14.5. The Balaban J connectivity index is 1.50. The maximum Gasteiger partial charge on any atom is 0.119 e. The van der Waals surface area contributed by atoms with Gasteiger partial charge in [0.2, 0.25) is 0 Å². The quantitative estimate of drug-likeness (QED) is 0.617. The molecule has 1 aliphatic rings. The van der Waals surface area contributed by atoms with E-state index in [-0.39, 0.29) is 0 Å². The molecule has 1 aromatic rings. The first kappa shape index (κ1) is 18.3. The van der Waals surface area contributed by atoms with E-state index in [2.05, 4.69) is 18.2 Å². The minimum Gasteiger partial charge on any atom is -0.494 e. The van der Waals surface area contributed by atoms with Crippen LogP contribution in [-0.4, -0.2) is 26.4 Å². The van der Waals surface area contributed by atoms with Gasteiger partial charge in [-0.1, -0.05) is 31.4 Å². The van der Waals surface area contributed by atoms with Gasteiger partial charge in [0.1, 0.15) is 5.75 Å². The molecule has 0 atom stereocenters. The molecule has 0 amide bonds. The summed E-state index contributed by atoms with van der Waals surface area (Å²) in [5, 5.41) is 0. The maximum absolute atomic E-state index is 5.84. The van der Waals surface area contributed by atoms with Crippen molar-refractivity contribution < 1.29 is 9.47 Å². The van der Waals surface area contributed by atoms with Gasteiger partial charge in [0.25, 0.3) is 0 Å². The molecule has 3 nitrogen and oxygen atoms in total. The average molecular weight is 319 g/mol. The van der Waals surface area contributed by atoms with Gasteiger partial charge in [0, 0.05) is 13.2 Å². The Morgan fingerprint density at radius 1 is 1.00 bits per heavy atom. The van der Waals surface area contributed by atoms with Crippen molar-refractivity contribution in [3.05, 3.63) is 29.8 Å². The first-order chi connectivity index (χ1) is 11.4. The van der Waals surface area contributed by atoms with E-state index >= 15 is 0 Å². The van der Waals surface area contributed by atoms with Crippen LogP contribution in [0.15, 0.2) is 24.3 Å². The smallest absolute Gasteiger partial charge is 0.119 e. The Bertz CT molecular complexity index is 416. The van der Waals surface area contributed by atoms with Crippen LogP contribution in [0.25, 0.3) is 0 Å². The molecule has 0 aromatic heterocycles. The highest BCUT2D eigenvalue weighted by atomic mass is 16.5. The molecule has 2 N–H and O–H groups in total. The summed E-state index contributed by atoms with van der Waals surface area (Å²) in [6, 6.07) is 8.37. The number of nitrogens with two attached hydrogens (primary N) is 1. The summed E-state index contributed by atoms with van der Waals surface area (Å²) in [5.74, 6) is 1.79. The highest BCUT2D eigenvalue weighted by Crippen LogP contribution is 2.23. The minimum atomic E-state index is 0.742. The van der Waals surface area contributed by atoms with E-state index < -0.39 is 0 Å². The molecule has 0 bridgehead atoms. The second-order valence-electron chi connectivity index (χ2n) is 6.67. The lowest BCUT2D eigenvalue weighted by Crippen LogP contribution is -2.14. The van der Waals surface area contributed by atoms with Crippen molar-refractivity contribution in [1.29, 1.82) is 0 Å². The van der Waals surface area contributed by atoms with E-state index in [0.29, 0.717) is 0 Å². The van der Waals surface area contributed by atoms with Gasteiger partial charge in [-0.05, 0) is 68.7 Å². The molecule has 3 heteroatoms. The van der Waals surface area contributed by atoms with Crippen LogP contribution >= 0.6 is 0 Å². The standard InChI is InChI=1S/C20H33NO2/c21-13-7-11-18-10-6-12-20(16-18)23-15-5-4-14-22-17-19-8-2-1-3-9-19/h6,10,12,16,19H,1-5,7-9,11,13-15,17,21H2. The van der Waals surface area contributed by atoms with E-state index in [4.69, 9.17) is 15.2 Å². The topological polar surface area (TPSA) is 44.5 Å². The van der Waals surface area contributed by atoms with Gasteiger partial charge in [-0.15, -0.1) is 0 Å². The number of aryl methyl sites for hydroxylation is 1. The molecule has 0 spiro atoms. The molecule has 1 aliphatic carbocycles. The monoisotopic (exact) mass is 319 g/mol. The van der Waals surface area contributed by atoms with Gasteiger partial charge in [-0.25, -0.2) is 0 Å². The molecule has 0 radical (unpaired) electrons. The van der Waals surface area contributed by atoms with Crippen molar-refractivity contribution in [1.82, 2.24) is 0 Å². The van der Waals surface area contributed by atoms with Crippen molar-refractivity contribution in [2.45, 2.75) is 57.8 Å².